The van der Waals surface area contributed by atoms with E-state index >= 15 is 0 Å². The number of halogens is 3. The second-order valence-corrected chi connectivity index (χ2v) is 7.52. The van der Waals surface area contributed by atoms with Gasteiger partial charge in [-0.3, -0.25) is 4.79 Å². The minimum atomic E-state index is -0.963. The van der Waals surface area contributed by atoms with E-state index in [0.717, 1.165) is 6.07 Å². The Balaban J connectivity index is 1.80. The summed E-state index contributed by atoms with van der Waals surface area (Å²) in [6.45, 7) is -0.542. The zero-order valence-corrected chi connectivity index (χ0v) is 17.7. The average molecular weight is 471 g/mol. The molecular weight excluding hydrogens is 458 g/mol. The molecule has 0 atom stereocenters. The molecule has 0 aliphatic heterocycles. The molecule has 3 aromatic carbocycles. The molecule has 1 heterocycles. The highest BCUT2D eigenvalue weighted by Gasteiger charge is 2.29. The van der Waals surface area contributed by atoms with Gasteiger partial charge in [0.15, 0.2) is 5.69 Å². The van der Waals surface area contributed by atoms with Crippen molar-refractivity contribution >= 4 is 46.0 Å². The first-order valence-electron chi connectivity index (χ1n) is 9.29. The second kappa shape index (κ2) is 8.90. The van der Waals surface area contributed by atoms with Crippen LogP contribution >= 0.6 is 23.2 Å². The minimum Gasteiger partial charge on any atom is -0.618 e. The standard InChI is InChI=1S/C23H13Cl2FN2O4/c24-15-10-18-20(11-16(15)25)28(31)21(22(29)13-6-2-1-3-7-13)19(27-18)12-32-23(30)14-8-4-5-9-17(14)26/h1-11H,12H2. The number of nitrogens with zero attached hydrogens (tertiary/aromatic N) is 2. The smallest absolute Gasteiger partial charge is 0.341 e. The first kappa shape index (κ1) is 21.7. The molecule has 4 rings (SSSR count). The van der Waals surface area contributed by atoms with Crippen molar-refractivity contribution in [3.8, 4) is 0 Å². The van der Waals surface area contributed by atoms with Gasteiger partial charge in [0.05, 0.1) is 15.6 Å². The number of aromatic nitrogens is 2. The molecule has 0 amide bonds. The number of carbonyl (C=O) groups is 2. The molecule has 1 aromatic heterocycles. The highest BCUT2D eigenvalue weighted by Crippen LogP contribution is 2.27. The number of ether oxygens (including phenoxy) is 1. The number of hydrogen-bond donors (Lipinski definition) is 0. The van der Waals surface area contributed by atoms with Gasteiger partial charge < -0.3 is 9.94 Å². The molecule has 0 saturated carbocycles. The lowest BCUT2D eigenvalue weighted by atomic mass is 10.1. The van der Waals surface area contributed by atoms with Crippen molar-refractivity contribution < 1.29 is 23.4 Å². The topological polar surface area (TPSA) is 83.2 Å². The number of ketones is 1. The third-order valence-electron chi connectivity index (χ3n) is 4.65. The van der Waals surface area contributed by atoms with E-state index < -0.39 is 24.2 Å². The second-order valence-electron chi connectivity index (χ2n) is 6.71. The molecule has 0 radical (unpaired) electrons. The summed E-state index contributed by atoms with van der Waals surface area (Å²) in [4.78, 5) is 29.8. The quantitative estimate of drug-likeness (QED) is 0.179. The summed E-state index contributed by atoms with van der Waals surface area (Å²) >= 11 is 12.1. The Kier molecular flexibility index (Phi) is 6.03. The zero-order chi connectivity index (χ0) is 22.8. The Morgan fingerprint density at radius 1 is 1.00 bits per heavy atom. The number of hydrogen-bond acceptors (Lipinski definition) is 5. The number of benzene rings is 3. The third-order valence-corrected chi connectivity index (χ3v) is 5.38. The molecule has 160 valence electrons. The van der Waals surface area contributed by atoms with E-state index in [9.17, 15) is 19.2 Å². The fourth-order valence-electron chi connectivity index (χ4n) is 3.10. The first-order chi connectivity index (χ1) is 15.4. The van der Waals surface area contributed by atoms with Crippen molar-refractivity contribution in [1.82, 2.24) is 4.98 Å². The van der Waals surface area contributed by atoms with Gasteiger partial charge in [0.25, 0.3) is 11.5 Å². The van der Waals surface area contributed by atoms with Crippen LogP contribution in [-0.4, -0.2) is 16.7 Å². The van der Waals surface area contributed by atoms with E-state index in [1.165, 1.54) is 42.5 Å². The van der Waals surface area contributed by atoms with E-state index in [1.807, 2.05) is 0 Å². The molecule has 32 heavy (non-hydrogen) atoms. The van der Waals surface area contributed by atoms with Crippen LogP contribution < -0.4 is 4.73 Å². The zero-order valence-electron chi connectivity index (χ0n) is 16.2. The van der Waals surface area contributed by atoms with Crippen molar-refractivity contribution in [2.75, 3.05) is 0 Å². The minimum absolute atomic E-state index is 0.0165. The molecule has 0 bridgehead atoms. The summed E-state index contributed by atoms with van der Waals surface area (Å²) in [6.07, 6.45) is 0. The van der Waals surface area contributed by atoms with E-state index in [4.69, 9.17) is 27.9 Å². The Labute approximate surface area is 191 Å². The summed E-state index contributed by atoms with van der Waals surface area (Å²) in [6, 6.07) is 16.0. The van der Waals surface area contributed by atoms with Gasteiger partial charge in [-0.2, -0.15) is 4.73 Å². The Bertz CT molecular complexity index is 1360. The van der Waals surface area contributed by atoms with Crippen LogP contribution in [0.25, 0.3) is 11.0 Å². The van der Waals surface area contributed by atoms with Gasteiger partial charge in [0.1, 0.15) is 17.9 Å². The Hall–Kier alpha value is -3.55. The van der Waals surface area contributed by atoms with E-state index in [0.29, 0.717) is 4.73 Å². The molecule has 6 nitrogen and oxygen atoms in total. The predicted octanol–water partition coefficient (Wildman–Crippen LogP) is 4.90. The molecule has 0 spiro atoms. The van der Waals surface area contributed by atoms with Gasteiger partial charge in [-0.05, 0) is 18.2 Å². The van der Waals surface area contributed by atoms with Crippen LogP contribution in [0.4, 0.5) is 4.39 Å². The maximum Gasteiger partial charge on any atom is 0.341 e. The summed E-state index contributed by atoms with van der Waals surface area (Å²) in [5.41, 5.74) is -0.333. The molecule has 0 aliphatic carbocycles. The summed E-state index contributed by atoms with van der Waals surface area (Å²) in [5, 5.41) is 13.4. The monoisotopic (exact) mass is 470 g/mol. The number of rotatable bonds is 5. The summed E-state index contributed by atoms with van der Waals surface area (Å²) in [5.74, 6) is -2.35. The van der Waals surface area contributed by atoms with Crippen LogP contribution in [0, 0.1) is 11.0 Å². The Morgan fingerprint density at radius 2 is 1.66 bits per heavy atom. The van der Waals surface area contributed by atoms with E-state index in [2.05, 4.69) is 4.98 Å². The van der Waals surface area contributed by atoms with E-state index in [-0.39, 0.29) is 43.6 Å². The van der Waals surface area contributed by atoms with Crippen LogP contribution in [0.15, 0.2) is 66.7 Å². The lowest BCUT2D eigenvalue weighted by Crippen LogP contribution is -2.38. The van der Waals surface area contributed by atoms with Crippen molar-refractivity contribution in [2.24, 2.45) is 0 Å². The summed E-state index contributed by atoms with van der Waals surface area (Å²) < 4.78 is 19.5. The van der Waals surface area contributed by atoms with Gasteiger partial charge >= 0.3 is 5.97 Å². The highest BCUT2D eigenvalue weighted by molar-refractivity contribution is 6.42. The van der Waals surface area contributed by atoms with Gasteiger partial charge in [0.2, 0.25) is 5.52 Å². The molecule has 0 aliphatic rings. The SMILES string of the molecule is O=C(OCc1nc2cc(Cl)c(Cl)cc2[n+]([O-])c1C(=O)c1ccccc1)c1ccccc1F. The molecule has 0 N–H and O–H groups in total. The van der Waals surface area contributed by atoms with Crippen molar-refractivity contribution in [3.63, 3.8) is 0 Å². The highest BCUT2D eigenvalue weighted by atomic mass is 35.5. The lowest BCUT2D eigenvalue weighted by molar-refractivity contribution is -0.580. The van der Waals surface area contributed by atoms with Gasteiger partial charge in [0, 0.05) is 11.6 Å². The maximum atomic E-state index is 13.9. The average Bonchev–Trinajstić information content (AvgIpc) is 2.79. The number of esters is 1. The van der Waals surface area contributed by atoms with Crippen LogP contribution in [0.1, 0.15) is 32.1 Å². The fourth-order valence-corrected chi connectivity index (χ4v) is 3.42. The molecule has 4 aromatic rings. The molecule has 0 unspecified atom stereocenters. The molecule has 9 heteroatoms. The lowest BCUT2D eigenvalue weighted by Gasteiger charge is -2.12. The van der Waals surface area contributed by atoms with Gasteiger partial charge in [-0.15, -0.1) is 0 Å². The van der Waals surface area contributed by atoms with Crippen molar-refractivity contribution in [3.05, 3.63) is 110 Å². The van der Waals surface area contributed by atoms with Gasteiger partial charge in [-0.1, -0.05) is 65.7 Å². The van der Waals surface area contributed by atoms with Gasteiger partial charge in [-0.25, -0.2) is 14.2 Å². The van der Waals surface area contributed by atoms with Crippen LogP contribution in [0.5, 0.6) is 0 Å². The van der Waals surface area contributed by atoms with Crippen LogP contribution in [0.2, 0.25) is 10.0 Å². The molecule has 0 saturated heterocycles. The predicted molar refractivity (Wildman–Crippen MR) is 116 cm³/mol. The number of carbonyl (C=O) groups excluding carboxylic acids is 2. The van der Waals surface area contributed by atoms with Crippen molar-refractivity contribution in [2.45, 2.75) is 6.61 Å². The molecular formula is C23H13Cl2FN2O4. The summed E-state index contributed by atoms with van der Waals surface area (Å²) in [7, 11) is 0. The van der Waals surface area contributed by atoms with Crippen LogP contribution in [0.3, 0.4) is 0 Å². The molecule has 0 fully saturated rings. The van der Waals surface area contributed by atoms with Crippen LogP contribution in [-0.2, 0) is 11.3 Å². The Morgan fingerprint density at radius 3 is 2.38 bits per heavy atom. The normalized spacial score (nSPS) is 10.8. The third kappa shape index (κ3) is 4.12. The van der Waals surface area contributed by atoms with Crippen molar-refractivity contribution in [1.29, 1.82) is 0 Å². The maximum absolute atomic E-state index is 13.9. The first-order valence-corrected chi connectivity index (χ1v) is 10.0. The largest absolute Gasteiger partial charge is 0.618 e. The van der Waals surface area contributed by atoms with E-state index in [1.54, 1.807) is 18.2 Å². The fraction of sp³-hybridized carbons (Fsp3) is 0.0435. The number of fused-ring (bicyclic) bond motifs is 1.